The molecule has 0 fully saturated rings. The Kier molecular flexibility index (Phi) is 7.47. The van der Waals surface area contributed by atoms with Crippen LogP contribution in [0.15, 0.2) is 66.7 Å². The van der Waals surface area contributed by atoms with E-state index in [1.807, 2.05) is 43.3 Å². The third-order valence-corrected chi connectivity index (χ3v) is 6.57. The molecule has 5 rings (SSSR count). The quantitative estimate of drug-likeness (QED) is 0.221. The molecule has 4 aromatic rings. The van der Waals surface area contributed by atoms with Gasteiger partial charge >= 0.3 is 0 Å². The second kappa shape index (κ2) is 11.1. The van der Waals surface area contributed by atoms with Crippen molar-refractivity contribution >= 4 is 17.9 Å². The molecule has 0 saturated carbocycles. The molecule has 0 amide bonds. The molecule has 0 N–H and O–H groups in total. The summed E-state index contributed by atoms with van der Waals surface area (Å²) in [5.74, 6) is 0.489. The molecule has 0 aromatic heterocycles. The SMILES string of the molecule is Cc1c(COc2cc(OCc3ccc(F)cc3F)c(C=O)cc2Cl)cccc1-c1ccc2c(c1)OCCO2. The summed E-state index contributed by atoms with van der Waals surface area (Å²) < 4.78 is 50.3. The highest BCUT2D eigenvalue weighted by atomic mass is 35.5. The third-order valence-electron chi connectivity index (χ3n) is 6.27. The minimum absolute atomic E-state index is 0.146. The fourth-order valence-corrected chi connectivity index (χ4v) is 4.42. The number of hydrogen-bond donors (Lipinski definition) is 0. The first-order valence-electron chi connectivity index (χ1n) is 11.9. The van der Waals surface area contributed by atoms with E-state index in [0.717, 1.165) is 40.1 Å². The average molecular weight is 537 g/mol. The zero-order valence-corrected chi connectivity index (χ0v) is 21.2. The van der Waals surface area contributed by atoms with Gasteiger partial charge in [0, 0.05) is 17.7 Å². The summed E-state index contributed by atoms with van der Waals surface area (Å²) in [6, 6.07) is 17.9. The number of aldehydes is 1. The molecule has 0 spiro atoms. The number of carbonyl (C=O) groups is 1. The highest BCUT2D eigenvalue weighted by molar-refractivity contribution is 6.32. The van der Waals surface area contributed by atoms with Crippen LogP contribution in [0.4, 0.5) is 8.78 Å². The van der Waals surface area contributed by atoms with E-state index in [1.54, 1.807) is 0 Å². The van der Waals surface area contributed by atoms with Crippen molar-refractivity contribution in [1.29, 1.82) is 0 Å². The first-order valence-corrected chi connectivity index (χ1v) is 12.3. The molecule has 5 nitrogen and oxygen atoms in total. The molecule has 1 aliphatic rings. The van der Waals surface area contributed by atoms with Crippen molar-refractivity contribution in [1.82, 2.24) is 0 Å². The second-order valence-corrected chi connectivity index (χ2v) is 9.11. The Morgan fingerprint density at radius 1 is 0.868 bits per heavy atom. The number of benzene rings is 4. The molecule has 0 unspecified atom stereocenters. The van der Waals surface area contributed by atoms with Gasteiger partial charge in [0.15, 0.2) is 17.8 Å². The van der Waals surface area contributed by atoms with Crippen LogP contribution < -0.4 is 18.9 Å². The topological polar surface area (TPSA) is 54.0 Å². The first kappa shape index (κ1) is 25.5. The van der Waals surface area contributed by atoms with E-state index in [1.165, 1.54) is 18.2 Å². The van der Waals surface area contributed by atoms with E-state index >= 15 is 0 Å². The second-order valence-electron chi connectivity index (χ2n) is 8.70. The van der Waals surface area contributed by atoms with Gasteiger partial charge in [-0.25, -0.2) is 8.78 Å². The van der Waals surface area contributed by atoms with Crippen LogP contribution in [0.3, 0.4) is 0 Å². The third kappa shape index (κ3) is 5.43. The van der Waals surface area contributed by atoms with Gasteiger partial charge in [-0.1, -0.05) is 35.9 Å². The molecule has 38 heavy (non-hydrogen) atoms. The normalized spacial score (nSPS) is 12.2. The average Bonchev–Trinajstić information content (AvgIpc) is 2.92. The van der Waals surface area contributed by atoms with Gasteiger partial charge in [-0.2, -0.15) is 0 Å². The molecule has 8 heteroatoms. The Morgan fingerprint density at radius 3 is 2.42 bits per heavy atom. The van der Waals surface area contributed by atoms with E-state index in [9.17, 15) is 13.6 Å². The lowest BCUT2D eigenvalue weighted by Gasteiger charge is -2.20. The number of hydrogen-bond acceptors (Lipinski definition) is 5. The molecule has 1 heterocycles. The van der Waals surface area contributed by atoms with Gasteiger partial charge < -0.3 is 18.9 Å². The van der Waals surface area contributed by atoms with Gasteiger partial charge in [0.2, 0.25) is 0 Å². The lowest BCUT2D eigenvalue weighted by atomic mass is 9.96. The summed E-state index contributed by atoms with van der Waals surface area (Å²) in [6.07, 6.45) is 0.590. The molecule has 194 valence electrons. The minimum Gasteiger partial charge on any atom is -0.488 e. The molecular weight excluding hydrogens is 514 g/mol. The van der Waals surface area contributed by atoms with Crippen LogP contribution in [0.1, 0.15) is 27.0 Å². The summed E-state index contributed by atoms with van der Waals surface area (Å²) in [4.78, 5) is 11.6. The summed E-state index contributed by atoms with van der Waals surface area (Å²) in [5, 5.41) is 0.230. The van der Waals surface area contributed by atoms with Gasteiger partial charge in [0.05, 0.1) is 10.6 Å². The highest BCUT2D eigenvalue weighted by Crippen LogP contribution is 2.37. The molecular formula is C30H23ClF2O5. The molecule has 0 bridgehead atoms. The van der Waals surface area contributed by atoms with Crippen LogP contribution in [0.25, 0.3) is 11.1 Å². The zero-order valence-electron chi connectivity index (χ0n) is 20.4. The van der Waals surface area contributed by atoms with Crippen LogP contribution in [-0.4, -0.2) is 19.5 Å². The Morgan fingerprint density at radius 2 is 1.63 bits per heavy atom. The lowest BCUT2D eigenvalue weighted by Crippen LogP contribution is -2.15. The fraction of sp³-hybridized carbons (Fsp3) is 0.167. The van der Waals surface area contributed by atoms with Gasteiger partial charge in [0.25, 0.3) is 0 Å². The molecule has 0 radical (unpaired) electrons. The smallest absolute Gasteiger partial charge is 0.161 e. The zero-order chi connectivity index (χ0) is 26.6. The maximum atomic E-state index is 14.0. The molecule has 1 aliphatic heterocycles. The van der Waals surface area contributed by atoms with Crippen molar-refractivity contribution in [3.63, 3.8) is 0 Å². The van der Waals surface area contributed by atoms with Gasteiger partial charge in [0.1, 0.15) is 49.6 Å². The molecule has 0 saturated heterocycles. The Hall–Kier alpha value is -4.10. The minimum atomic E-state index is -0.739. The van der Waals surface area contributed by atoms with Gasteiger partial charge in [-0.15, -0.1) is 0 Å². The molecule has 4 aromatic carbocycles. The van der Waals surface area contributed by atoms with Crippen LogP contribution >= 0.6 is 11.6 Å². The van der Waals surface area contributed by atoms with Crippen molar-refractivity contribution in [3.05, 3.63) is 106 Å². The van der Waals surface area contributed by atoms with Crippen molar-refractivity contribution in [2.45, 2.75) is 20.1 Å². The van der Waals surface area contributed by atoms with E-state index in [-0.39, 0.29) is 35.1 Å². The van der Waals surface area contributed by atoms with Crippen LogP contribution in [-0.2, 0) is 13.2 Å². The van der Waals surface area contributed by atoms with Crippen LogP contribution in [0.2, 0.25) is 5.02 Å². The van der Waals surface area contributed by atoms with Crippen molar-refractivity contribution in [2.75, 3.05) is 13.2 Å². The van der Waals surface area contributed by atoms with E-state index in [2.05, 4.69) is 0 Å². The van der Waals surface area contributed by atoms with Crippen molar-refractivity contribution < 1.29 is 32.5 Å². The van der Waals surface area contributed by atoms with Crippen LogP contribution in [0.5, 0.6) is 23.0 Å². The largest absolute Gasteiger partial charge is 0.488 e. The van der Waals surface area contributed by atoms with Gasteiger partial charge in [-0.3, -0.25) is 4.79 Å². The number of carbonyl (C=O) groups excluding carboxylic acids is 1. The number of rotatable bonds is 8. The Labute approximate surface area is 223 Å². The summed E-state index contributed by atoms with van der Waals surface area (Å²) in [6.45, 7) is 3.05. The number of fused-ring (bicyclic) bond motifs is 1. The fourth-order valence-electron chi connectivity index (χ4n) is 4.19. The summed E-state index contributed by atoms with van der Waals surface area (Å²) >= 11 is 6.37. The Bertz CT molecular complexity index is 1500. The highest BCUT2D eigenvalue weighted by Gasteiger charge is 2.16. The predicted octanol–water partition coefficient (Wildman–Crippen LogP) is 7.34. The van der Waals surface area contributed by atoms with Crippen molar-refractivity contribution in [2.24, 2.45) is 0 Å². The Balaban J connectivity index is 1.35. The summed E-state index contributed by atoms with van der Waals surface area (Å²) in [7, 11) is 0. The van der Waals surface area contributed by atoms with E-state index in [4.69, 9.17) is 30.5 Å². The molecule has 0 atom stereocenters. The number of ether oxygens (including phenoxy) is 4. The van der Waals surface area contributed by atoms with E-state index < -0.39 is 11.6 Å². The number of halogens is 3. The maximum absolute atomic E-state index is 14.0. The van der Waals surface area contributed by atoms with E-state index in [0.29, 0.717) is 31.0 Å². The predicted molar refractivity (Wildman–Crippen MR) is 139 cm³/mol. The van der Waals surface area contributed by atoms with Crippen molar-refractivity contribution in [3.8, 4) is 34.1 Å². The standard InChI is InChI=1S/C30H23ClF2O5/c1-18-20(3-2-4-24(18)19-6-8-27-30(12-19)36-10-9-35-27)16-38-29-14-28(22(15-34)11-25(29)31)37-17-21-5-7-23(32)13-26(21)33/h2-8,11-15H,9-10,16-17H2,1H3. The van der Waals surface area contributed by atoms with Crippen LogP contribution in [0, 0.1) is 18.6 Å². The molecule has 0 aliphatic carbocycles. The first-order chi connectivity index (χ1) is 18.4. The maximum Gasteiger partial charge on any atom is 0.161 e. The lowest BCUT2D eigenvalue weighted by molar-refractivity contribution is 0.111. The summed E-state index contributed by atoms with van der Waals surface area (Å²) in [5.41, 5.74) is 4.30. The van der Waals surface area contributed by atoms with Gasteiger partial charge in [-0.05, 0) is 59.5 Å². The monoisotopic (exact) mass is 536 g/mol.